The van der Waals surface area contributed by atoms with E-state index in [1.54, 1.807) is 0 Å². The minimum atomic E-state index is -0.230. The van der Waals surface area contributed by atoms with Crippen LogP contribution in [0.3, 0.4) is 0 Å². The van der Waals surface area contributed by atoms with Crippen molar-refractivity contribution >= 4 is 12.6 Å². The number of thiol groups is 1. The lowest BCUT2D eigenvalue weighted by Gasteiger charge is -2.37. The molecule has 0 aliphatic heterocycles. The maximum Gasteiger partial charge on any atom is 0.0696 e. The lowest BCUT2D eigenvalue weighted by atomic mass is 9.85. The largest absolute Gasteiger partial charge is 0.392 e. The van der Waals surface area contributed by atoms with Crippen LogP contribution in [0.2, 0.25) is 0 Å². The predicted octanol–water partition coefficient (Wildman–Crippen LogP) is 0.809. The molecule has 0 radical (unpaired) electrons. The third kappa shape index (κ3) is 2.10. The van der Waals surface area contributed by atoms with E-state index < -0.39 is 0 Å². The van der Waals surface area contributed by atoms with Crippen LogP contribution in [0.4, 0.5) is 0 Å². The number of hydrogen-bond acceptors (Lipinski definition) is 3. The van der Waals surface area contributed by atoms with Gasteiger partial charge >= 0.3 is 0 Å². The number of nitrogens with one attached hydrogen (secondary N) is 1. The molecule has 0 bridgehead atoms. The predicted molar refractivity (Wildman–Crippen MR) is 50.1 cm³/mol. The van der Waals surface area contributed by atoms with Crippen LogP contribution in [0.25, 0.3) is 0 Å². The van der Waals surface area contributed by atoms with Crippen molar-refractivity contribution in [2.45, 2.75) is 36.5 Å². The standard InChI is InChI=1S/C8H17NOS/c1-9-6-8(11)5-3-2-4-7(8)10/h7,9-11H,2-6H2,1H3/t7-,8-/m0/s1. The molecule has 0 amide bonds. The summed E-state index contributed by atoms with van der Waals surface area (Å²) in [4.78, 5) is 0. The molecule has 1 saturated carbocycles. The summed E-state index contributed by atoms with van der Waals surface area (Å²) in [6, 6.07) is 0. The highest BCUT2D eigenvalue weighted by Gasteiger charge is 2.35. The Hall–Kier alpha value is 0.270. The van der Waals surface area contributed by atoms with Gasteiger partial charge in [-0.2, -0.15) is 12.6 Å². The third-order valence-electron chi connectivity index (χ3n) is 2.44. The van der Waals surface area contributed by atoms with Crippen molar-refractivity contribution in [1.82, 2.24) is 5.32 Å². The molecule has 3 heteroatoms. The van der Waals surface area contributed by atoms with E-state index in [2.05, 4.69) is 17.9 Å². The minimum Gasteiger partial charge on any atom is -0.392 e. The molecule has 11 heavy (non-hydrogen) atoms. The van der Waals surface area contributed by atoms with E-state index in [0.29, 0.717) is 0 Å². The number of aliphatic hydroxyl groups excluding tert-OH is 1. The SMILES string of the molecule is CNC[C@@]1(S)CCCC[C@@H]1O. The number of aliphatic hydroxyl groups is 1. The molecule has 0 aromatic carbocycles. The van der Waals surface area contributed by atoms with Crippen LogP contribution in [-0.4, -0.2) is 29.5 Å². The summed E-state index contributed by atoms with van der Waals surface area (Å²) < 4.78 is -0.174. The Kier molecular flexibility index (Phi) is 3.22. The van der Waals surface area contributed by atoms with Gasteiger partial charge in [0, 0.05) is 6.54 Å². The quantitative estimate of drug-likeness (QED) is 0.543. The minimum absolute atomic E-state index is 0.174. The number of hydrogen-bond donors (Lipinski definition) is 3. The summed E-state index contributed by atoms with van der Waals surface area (Å²) in [5, 5.41) is 12.7. The van der Waals surface area contributed by atoms with Crippen LogP contribution < -0.4 is 5.32 Å². The van der Waals surface area contributed by atoms with E-state index in [0.717, 1.165) is 25.8 Å². The van der Waals surface area contributed by atoms with Gasteiger partial charge < -0.3 is 10.4 Å². The van der Waals surface area contributed by atoms with Crippen molar-refractivity contribution < 1.29 is 5.11 Å². The third-order valence-corrected chi connectivity index (χ3v) is 3.12. The first kappa shape index (κ1) is 9.36. The van der Waals surface area contributed by atoms with Crippen LogP contribution in [0.15, 0.2) is 0 Å². The maximum absolute atomic E-state index is 9.64. The monoisotopic (exact) mass is 175 g/mol. The molecule has 0 unspecified atom stereocenters. The molecule has 0 aromatic rings. The zero-order valence-corrected chi connectivity index (χ0v) is 7.90. The topological polar surface area (TPSA) is 32.3 Å². The van der Waals surface area contributed by atoms with E-state index in [4.69, 9.17) is 0 Å². The normalized spacial score (nSPS) is 39.0. The summed E-state index contributed by atoms with van der Waals surface area (Å²) in [5.41, 5.74) is 0. The Bertz CT molecular complexity index is 127. The smallest absolute Gasteiger partial charge is 0.0696 e. The fourth-order valence-electron chi connectivity index (χ4n) is 1.72. The summed E-state index contributed by atoms with van der Waals surface area (Å²) in [5.74, 6) is 0. The van der Waals surface area contributed by atoms with Gasteiger partial charge in [0.05, 0.1) is 10.9 Å². The van der Waals surface area contributed by atoms with Crippen molar-refractivity contribution in [3.05, 3.63) is 0 Å². The van der Waals surface area contributed by atoms with Crippen molar-refractivity contribution in [2.24, 2.45) is 0 Å². The van der Waals surface area contributed by atoms with E-state index >= 15 is 0 Å². The van der Waals surface area contributed by atoms with Gasteiger partial charge in [0.15, 0.2) is 0 Å². The molecule has 0 spiro atoms. The molecule has 1 rings (SSSR count). The fourth-order valence-corrected chi connectivity index (χ4v) is 2.16. The highest BCUT2D eigenvalue weighted by molar-refractivity contribution is 7.81. The average Bonchev–Trinajstić information content (AvgIpc) is 1.96. The maximum atomic E-state index is 9.64. The Balaban J connectivity index is 2.49. The van der Waals surface area contributed by atoms with Crippen molar-refractivity contribution in [3.8, 4) is 0 Å². The molecule has 2 nitrogen and oxygen atoms in total. The van der Waals surface area contributed by atoms with Gasteiger partial charge in [-0.15, -0.1) is 0 Å². The summed E-state index contributed by atoms with van der Waals surface area (Å²) >= 11 is 4.51. The van der Waals surface area contributed by atoms with Crippen LogP contribution in [0.5, 0.6) is 0 Å². The first-order valence-corrected chi connectivity index (χ1v) is 4.69. The molecule has 1 aliphatic carbocycles. The molecule has 66 valence electrons. The highest BCUT2D eigenvalue weighted by atomic mass is 32.1. The van der Waals surface area contributed by atoms with Crippen molar-refractivity contribution in [2.75, 3.05) is 13.6 Å². The van der Waals surface area contributed by atoms with Crippen LogP contribution >= 0.6 is 12.6 Å². The van der Waals surface area contributed by atoms with Gasteiger partial charge in [-0.1, -0.05) is 12.8 Å². The van der Waals surface area contributed by atoms with Gasteiger partial charge in [0.25, 0.3) is 0 Å². The first-order valence-electron chi connectivity index (χ1n) is 4.24. The fraction of sp³-hybridized carbons (Fsp3) is 1.00. The summed E-state index contributed by atoms with van der Waals surface area (Å²) in [6.07, 6.45) is 4.05. The summed E-state index contributed by atoms with van der Waals surface area (Å²) in [7, 11) is 1.90. The second-order valence-electron chi connectivity index (χ2n) is 3.40. The lowest BCUT2D eigenvalue weighted by molar-refractivity contribution is 0.0915. The Labute approximate surface area is 73.8 Å². The molecule has 2 N–H and O–H groups in total. The van der Waals surface area contributed by atoms with E-state index in [1.165, 1.54) is 6.42 Å². The molecule has 2 atom stereocenters. The van der Waals surface area contributed by atoms with Crippen LogP contribution in [-0.2, 0) is 0 Å². The second-order valence-corrected chi connectivity index (χ2v) is 4.29. The van der Waals surface area contributed by atoms with Crippen molar-refractivity contribution in [3.63, 3.8) is 0 Å². The second kappa shape index (κ2) is 3.78. The average molecular weight is 175 g/mol. The Morgan fingerprint density at radius 3 is 2.91 bits per heavy atom. The van der Waals surface area contributed by atoms with E-state index in [1.807, 2.05) is 7.05 Å². The molecular weight excluding hydrogens is 158 g/mol. The first-order chi connectivity index (χ1) is 5.19. The van der Waals surface area contributed by atoms with Gasteiger partial charge in [0.1, 0.15) is 0 Å². The Morgan fingerprint density at radius 2 is 2.36 bits per heavy atom. The van der Waals surface area contributed by atoms with Crippen LogP contribution in [0.1, 0.15) is 25.7 Å². The van der Waals surface area contributed by atoms with Gasteiger partial charge in [-0.05, 0) is 19.9 Å². The van der Waals surface area contributed by atoms with Gasteiger partial charge in [-0.3, -0.25) is 0 Å². The van der Waals surface area contributed by atoms with E-state index in [9.17, 15) is 5.11 Å². The van der Waals surface area contributed by atoms with Crippen molar-refractivity contribution in [1.29, 1.82) is 0 Å². The molecule has 0 saturated heterocycles. The van der Waals surface area contributed by atoms with Gasteiger partial charge in [0.2, 0.25) is 0 Å². The molecule has 0 heterocycles. The van der Waals surface area contributed by atoms with E-state index in [-0.39, 0.29) is 10.9 Å². The van der Waals surface area contributed by atoms with Crippen LogP contribution in [0, 0.1) is 0 Å². The molecule has 1 fully saturated rings. The zero-order chi connectivity index (χ0) is 8.32. The highest BCUT2D eigenvalue weighted by Crippen LogP contribution is 2.33. The summed E-state index contributed by atoms with van der Waals surface area (Å²) in [6.45, 7) is 0.803. The number of rotatable bonds is 2. The molecular formula is C8H17NOS. The lowest BCUT2D eigenvalue weighted by Crippen LogP contribution is -2.46. The van der Waals surface area contributed by atoms with Gasteiger partial charge in [-0.25, -0.2) is 0 Å². The Morgan fingerprint density at radius 1 is 1.64 bits per heavy atom. The molecule has 1 aliphatic rings. The zero-order valence-electron chi connectivity index (χ0n) is 7.01. The molecule has 0 aromatic heterocycles.